The first-order valence-electron chi connectivity index (χ1n) is 8.19. The van der Waals surface area contributed by atoms with Crippen LogP contribution in [0.1, 0.15) is 30.7 Å². The maximum absolute atomic E-state index is 12.6. The molecular weight excluding hydrogens is 321 g/mol. The van der Waals surface area contributed by atoms with Crippen LogP contribution < -0.4 is 10.1 Å². The Bertz CT molecular complexity index is 600. The zero-order valence-electron chi connectivity index (χ0n) is 13.5. The van der Waals surface area contributed by atoms with Crippen LogP contribution in [0.3, 0.4) is 0 Å². The second-order valence-corrected chi connectivity index (χ2v) is 6.46. The van der Waals surface area contributed by atoms with E-state index in [-0.39, 0.29) is 29.5 Å². The number of para-hydroxylation sites is 1. The van der Waals surface area contributed by atoms with Gasteiger partial charge in [-0.2, -0.15) is 0 Å². The Morgan fingerprint density at radius 1 is 1.25 bits per heavy atom. The van der Waals surface area contributed by atoms with E-state index in [0.29, 0.717) is 12.0 Å². The molecule has 0 radical (unpaired) electrons. The zero-order valence-corrected chi connectivity index (χ0v) is 13.5. The van der Waals surface area contributed by atoms with Gasteiger partial charge >= 0.3 is 6.36 Å². The summed E-state index contributed by atoms with van der Waals surface area (Å²) >= 11 is 0. The van der Waals surface area contributed by atoms with Crippen LogP contribution in [0.25, 0.3) is 0 Å². The summed E-state index contributed by atoms with van der Waals surface area (Å²) in [5.41, 5.74) is 0.465. The van der Waals surface area contributed by atoms with Gasteiger partial charge in [-0.1, -0.05) is 18.2 Å². The van der Waals surface area contributed by atoms with Crippen molar-refractivity contribution in [3.05, 3.63) is 29.8 Å². The number of nitrogens with one attached hydrogen (secondary N) is 1. The first kappa shape index (κ1) is 17.1. The molecule has 2 aliphatic rings. The Hall–Kier alpha value is -1.76. The quantitative estimate of drug-likeness (QED) is 0.915. The average molecular weight is 342 g/mol. The molecule has 0 aromatic heterocycles. The molecular formula is C17H21F3N2O2. The number of halogens is 3. The fourth-order valence-electron chi connectivity index (χ4n) is 3.45. The van der Waals surface area contributed by atoms with Gasteiger partial charge in [0.1, 0.15) is 5.75 Å². The molecule has 1 aromatic carbocycles. The van der Waals surface area contributed by atoms with Crippen molar-refractivity contribution in [2.45, 2.75) is 37.6 Å². The van der Waals surface area contributed by atoms with Crippen molar-refractivity contribution in [3.63, 3.8) is 0 Å². The Balaban J connectivity index is 1.67. The van der Waals surface area contributed by atoms with Crippen molar-refractivity contribution in [2.75, 3.05) is 20.1 Å². The highest BCUT2D eigenvalue weighted by molar-refractivity contribution is 5.83. The van der Waals surface area contributed by atoms with Gasteiger partial charge < -0.3 is 15.0 Å². The zero-order chi connectivity index (χ0) is 17.3. The molecule has 1 aromatic rings. The maximum atomic E-state index is 12.6. The van der Waals surface area contributed by atoms with Crippen molar-refractivity contribution in [1.82, 2.24) is 10.2 Å². The minimum atomic E-state index is -4.73. The minimum absolute atomic E-state index is 0.0220. The molecule has 2 fully saturated rings. The van der Waals surface area contributed by atoms with Crippen LogP contribution in [0.15, 0.2) is 24.3 Å². The molecule has 1 saturated heterocycles. The van der Waals surface area contributed by atoms with Gasteiger partial charge in [0.2, 0.25) is 5.91 Å². The predicted octanol–water partition coefficient (Wildman–Crippen LogP) is 2.90. The molecule has 0 spiro atoms. The number of rotatable bonds is 4. The number of benzene rings is 1. The average Bonchev–Trinajstić information content (AvgIpc) is 3.34. The molecule has 0 bridgehead atoms. The summed E-state index contributed by atoms with van der Waals surface area (Å²) < 4.78 is 41.7. The van der Waals surface area contributed by atoms with Gasteiger partial charge in [0.15, 0.2) is 0 Å². The second-order valence-electron chi connectivity index (χ2n) is 6.46. The summed E-state index contributed by atoms with van der Waals surface area (Å²) in [7, 11) is 1.80. The SMILES string of the molecule is CN(C(=O)[C@@H]1C[C@H]1c1ccccc1OC(F)(F)F)C1CCNCC1. The summed E-state index contributed by atoms with van der Waals surface area (Å²) in [5.74, 6) is -0.619. The molecule has 1 heterocycles. The number of piperidine rings is 1. The van der Waals surface area contributed by atoms with Crippen LogP contribution in [-0.2, 0) is 4.79 Å². The van der Waals surface area contributed by atoms with Crippen molar-refractivity contribution in [2.24, 2.45) is 5.92 Å². The summed E-state index contributed by atoms with van der Waals surface area (Å²) in [6, 6.07) is 6.31. The third-order valence-corrected chi connectivity index (χ3v) is 4.86. The molecule has 24 heavy (non-hydrogen) atoms. The fraction of sp³-hybridized carbons (Fsp3) is 0.588. The van der Waals surface area contributed by atoms with Crippen LogP contribution in [0, 0.1) is 5.92 Å². The lowest BCUT2D eigenvalue weighted by molar-refractivity contribution is -0.274. The predicted molar refractivity (Wildman–Crippen MR) is 82.6 cm³/mol. The van der Waals surface area contributed by atoms with Gasteiger partial charge in [-0.15, -0.1) is 13.2 Å². The lowest BCUT2D eigenvalue weighted by atomic mass is 10.0. The van der Waals surface area contributed by atoms with Crippen molar-refractivity contribution >= 4 is 5.91 Å². The van der Waals surface area contributed by atoms with Gasteiger partial charge in [-0.3, -0.25) is 4.79 Å². The van der Waals surface area contributed by atoms with E-state index in [9.17, 15) is 18.0 Å². The van der Waals surface area contributed by atoms with Gasteiger partial charge in [-0.05, 0) is 49.9 Å². The standard InChI is InChI=1S/C17H21F3N2O2/c1-22(11-6-8-21-9-7-11)16(23)14-10-13(14)12-4-2-3-5-15(12)24-17(18,19)20/h2-5,11,13-14,21H,6-10H2,1H3/t13-,14+/m0/s1. The Kier molecular flexibility index (Phi) is 4.71. The van der Waals surface area contributed by atoms with E-state index in [0.717, 1.165) is 25.9 Å². The third kappa shape index (κ3) is 3.83. The number of ether oxygens (including phenoxy) is 1. The molecule has 1 aliphatic carbocycles. The van der Waals surface area contributed by atoms with E-state index in [1.165, 1.54) is 12.1 Å². The van der Waals surface area contributed by atoms with E-state index < -0.39 is 6.36 Å². The first-order valence-corrected chi connectivity index (χ1v) is 8.19. The van der Waals surface area contributed by atoms with E-state index in [1.54, 1.807) is 24.1 Å². The van der Waals surface area contributed by atoms with E-state index in [2.05, 4.69) is 10.1 Å². The molecule has 4 nitrogen and oxygen atoms in total. The molecule has 132 valence electrons. The highest BCUT2D eigenvalue weighted by Crippen LogP contribution is 2.51. The van der Waals surface area contributed by atoms with Crippen LogP contribution in [0.4, 0.5) is 13.2 Å². The Morgan fingerprint density at radius 3 is 2.58 bits per heavy atom. The van der Waals surface area contributed by atoms with Crippen LogP contribution in [0.5, 0.6) is 5.75 Å². The molecule has 1 aliphatic heterocycles. The van der Waals surface area contributed by atoms with Gasteiger partial charge in [0.25, 0.3) is 0 Å². The number of amides is 1. The molecule has 7 heteroatoms. The second kappa shape index (κ2) is 6.63. The minimum Gasteiger partial charge on any atom is -0.405 e. The van der Waals surface area contributed by atoms with E-state index in [4.69, 9.17) is 0 Å². The van der Waals surface area contributed by atoms with Gasteiger partial charge in [0.05, 0.1) is 0 Å². The van der Waals surface area contributed by atoms with Gasteiger partial charge in [0, 0.05) is 19.0 Å². The van der Waals surface area contributed by atoms with E-state index >= 15 is 0 Å². The number of alkyl halides is 3. The number of carbonyl (C=O) groups excluding carboxylic acids is 1. The molecule has 1 amide bonds. The third-order valence-electron chi connectivity index (χ3n) is 4.86. The molecule has 3 rings (SSSR count). The molecule has 0 unspecified atom stereocenters. The molecule has 2 atom stereocenters. The van der Waals surface area contributed by atoms with Crippen molar-refractivity contribution < 1.29 is 22.7 Å². The summed E-state index contributed by atoms with van der Waals surface area (Å²) in [6.07, 6.45) is -2.33. The number of hydrogen-bond donors (Lipinski definition) is 1. The molecule has 1 N–H and O–H groups in total. The fourth-order valence-corrected chi connectivity index (χ4v) is 3.45. The number of hydrogen-bond acceptors (Lipinski definition) is 3. The summed E-state index contributed by atoms with van der Waals surface area (Å²) in [4.78, 5) is 14.4. The van der Waals surface area contributed by atoms with Crippen molar-refractivity contribution in [1.29, 1.82) is 0 Å². The smallest absolute Gasteiger partial charge is 0.405 e. The normalized spacial score (nSPS) is 24.5. The van der Waals surface area contributed by atoms with Gasteiger partial charge in [-0.25, -0.2) is 0 Å². The van der Waals surface area contributed by atoms with Crippen molar-refractivity contribution in [3.8, 4) is 5.75 Å². The first-order chi connectivity index (χ1) is 11.4. The highest BCUT2D eigenvalue weighted by Gasteiger charge is 2.48. The number of nitrogens with zero attached hydrogens (tertiary/aromatic N) is 1. The topological polar surface area (TPSA) is 41.6 Å². The van der Waals surface area contributed by atoms with Crippen LogP contribution >= 0.6 is 0 Å². The van der Waals surface area contributed by atoms with E-state index in [1.807, 2.05) is 0 Å². The lowest BCUT2D eigenvalue weighted by Crippen LogP contribution is -2.44. The molecule has 1 saturated carbocycles. The largest absolute Gasteiger partial charge is 0.573 e. The number of carbonyl (C=O) groups is 1. The Labute approximate surface area is 139 Å². The lowest BCUT2D eigenvalue weighted by Gasteiger charge is -2.32. The Morgan fingerprint density at radius 2 is 1.92 bits per heavy atom. The summed E-state index contributed by atoms with van der Waals surface area (Å²) in [5, 5.41) is 3.26. The highest BCUT2D eigenvalue weighted by atomic mass is 19.4. The summed E-state index contributed by atoms with van der Waals surface area (Å²) in [6.45, 7) is 1.78. The van der Waals surface area contributed by atoms with Crippen LogP contribution in [-0.4, -0.2) is 43.3 Å². The monoisotopic (exact) mass is 342 g/mol. The maximum Gasteiger partial charge on any atom is 0.573 e. The van der Waals surface area contributed by atoms with Crippen LogP contribution in [0.2, 0.25) is 0 Å².